The van der Waals surface area contributed by atoms with Crippen LogP contribution in [0.3, 0.4) is 0 Å². The minimum Gasteiger partial charge on any atom is -0.492 e. The lowest BCUT2D eigenvalue weighted by molar-refractivity contribution is -0.119. The maximum atomic E-state index is 12.2. The van der Waals surface area contributed by atoms with Crippen molar-refractivity contribution in [2.24, 2.45) is 5.92 Å². The third kappa shape index (κ3) is 4.72. The third-order valence-corrected chi connectivity index (χ3v) is 3.77. The van der Waals surface area contributed by atoms with E-state index in [1.54, 1.807) is 0 Å². The Balaban J connectivity index is 1.89. The Bertz CT molecular complexity index is 476. The van der Waals surface area contributed by atoms with Crippen molar-refractivity contribution in [3.8, 4) is 5.75 Å². The number of ether oxygens (including phenoxy) is 1. The highest BCUT2D eigenvalue weighted by Crippen LogP contribution is 2.21. The van der Waals surface area contributed by atoms with E-state index in [1.165, 1.54) is 0 Å². The molecule has 116 valence electrons. The van der Waals surface area contributed by atoms with Crippen LogP contribution in [0.2, 0.25) is 0 Å². The van der Waals surface area contributed by atoms with Crippen LogP contribution in [0.25, 0.3) is 0 Å². The van der Waals surface area contributed by atoms with Crippen molar-refractivity contribution in [1.29, 1.82) is 0 Å². The molecular weight excluding hydrogens is 266 g/mol. The Labute approximate surface area is 126 Å². The van der Waals surface area contributed by atoms with E-state index in [1.807, 2.05) is 38.4 Å². The molecule has 2 rings (SSSR count). The number of carbonyl (C=O) groups is 1. The van der Waals surface area contributed by atoms with Gasteiger partial charge in [0, 0.05) is 24.3 Å². The van der Waals surface area contributed by atoms with Gasteiger partial charge in [-0.2, -0.15) is 0 Å². The van der Waals surface area contributed by atoms with Crippen molar-refractivity contribution < 1.29 is 9.53 Å². The van der Waals surface area contributed by atoms with Crippen LogP contribution >= 0.6 is 0 Å². The molecule has 2 N–H and O–H groups in total. The lowest BCUT2D eigenvalue weighted by Gasteiger charge is -2.16. The van der Waals surface area contributed by atoms with Crippen molar-refractivity contribution in [2.75, 3.05) is 39.1 Å². The van der Waals surface area contributed by atoms with Gasteiger partial charge in [0.1, 0.15) is 12.4 Å². The number of carbonyl (C=O) groups excluding carboxylic acids is 1. The molecule has 2 unspecified atom stereocenters. The van der Waals surface area contributed by atoms with E-state index in [-0.39, 0.29) is 17.9 Å². The number of rotatable bonds is 6. The highest BCUT2D eigenvalue weighted by molar-refractivity contribution is 5.93. The van der Waals surface area contributed by atoms with E-state index in [4.69, 9.17) is 4.74 Å². The average Bonchev–Trinajstić information content (AvgIpc) is 2.85. The van der Waals surface area contributed by atoms with Crippen molar-refractivity contribution in [2.45, 2.75) is 19.4 Å². The summed E-state index contributed by atoms with van der Waals surface area (Å²) in [6.07, 6.45) is 0.895. The highest BCUT2D eigenvalue weighted by Gasteiger charge is 2.29. The Hall–Kier alpha value is -1.59. The first-order valence-electron chi connectivity index (χ1n) is 7.48. The maximum Gasteiger partial charge on any atom is 0.229 e. The SMILES string of the molecule is CC1NCCC1C(=O)Nc1cccc(OCCN(C)C)c1. The Morgan fingerprint density at radius 2 is 2.29 bits per heavy atom. The van der Waals surface area contributed by atoms with Crippen LogP contribution < -0.4 is 15.4 Å². The quantitative estimate of drug-likeness (QED) is 0.835. The molecule has 2 atom stereocenters. The van der Waals surface area contributed by atoms with E-state index in [0.29, 0.717) is 6.61 Å². The van der Waals surface area contributed by atoms with Gasteiger partial charge in [0.25, 0.3) is 0 Å². The Kier molecular flexibility index (Phi) is 5.59. The first-order valence-corrected chi connectivity index (χ1v) is 7.48. The Morgan fingerprint density at radius 1 is 1.48 bits per heavy atom. The predicted octanol–water partition coefficient (Wildman–Crippen LogP) is 1.56. The molecule has 5 heteroatoms. The molecule has 0 saturated carbocycles. The first-order chi connectivity index (χ1) is 10.1. The fourth-order valence-corrected chi connectivity index (χ4v) is 2.46. The summed E-state index contributed by atoms with van der Waals surface area (Å²) in [4.78, 5) is 14.3. The molecule has 1 aliphatic heterocycles. The molecule has 1 heterocycles. The molecule has 1 amide bonds. The number of nitrogens with zero attached hydrogens (tertiary/aromatic N) is 1. The molecule has 0 aliphatic carbocycles. The molecule has 5 nitrogen and oxygen atoms in total. The van der Waals surface area contributed by atoms with E-state index in [0.717, 1.165) is 30.9 Å². The van der Waals surface area contributed by atoms with E-state index < -0.39 is 0 Å². The molecule has 1 aromatic rings. The summed E-state index contributed by atoms with van der Waals surface area (Å²) in [5, 5.41) is 6.28. The number of hydrogen-bond donors (Lipinski definition) is 2. The summed E-state index contributed by atoms with van der Waals surface area (Å²) in [5.74, 6) is 0.911. The van der Waals surface area contributed by atoms with E-state index in [9.17, 15) is 4.79 Å². The maximum absolute atomic E-state index is 12.2. The second kappa shape index (κ2) is 7.43. The average molecular weight is 291 g/mol. The van der Waals surface area contributed by atoms with Gasteiger partial charge >= 0.3 is 0 Å². The van der Waals surface area contributed by atoms with Crippen LogP contribution in [-0.2, 0) is 4.79 Å². The van der Waals surface area contributed by atoms with Gasteiger partial charge in [0.2, 0.25) is 5.91 Å². The summed E-state index contributed by atoms with van der Waals surface area (Å²) in [6, 6.07) is 7.82. The van der Waals surface area contributed by atoms with E-state index >= 15 is 0 Å². The van der Waals surface area contributed by atoms with Gasteiger partial charge < -0.3 is 20.3 Å². The summed E-state index contributed by atoms with van der Waals surface area (Å²) in [6.45, 7) is 4.46. The zero-order chi connectivity index (χ0) is 15.2. The van der Waals surface area contributed by atoms with Gasteiger partial charge in [-0.3, -0.25) is 4.79 Å². The molecule has 0 bridgehead atoms. The zero-order valence-corrected chi connectivity index (χ0v) is 13.1. The van der Waals surface area contributed by atoms with Crippen molar-refractivity contribution >= 4 is 11.6 Å². The lowest BCUT2D eigenvalue weighted by atomic mass is 10.0. The molecule has 1 saturated heterocycles. The van der Waals surface area contributed by atoms with Crippen molar-refractivity contribution in [3.63, 3.8) is 0 Å². The molecule has 1 aliphatic rings. The largest absolute Gasteiger partial charge is 0.492 e. The fraction of sp³-hybridized carbons (Fsp3) is 0.562. The second-order valence-corrected chi connectivity index (χ2v) is 5.81. The summed E-state index contributed by atoms with van der Waals surface area (Å²) in [7, 11) is 4.02. The number of nitrogens with one attached hydrogen (secondary N) is 2. The standard InChI is InChI=1S/C16H25N3O2/c1-12-15(7-8-17-12)16(20)18-13-5-4-6-14(11-13)21-10-9-19(2)3/h4-6,11-12,15,17H,7-10H2,1-3H3,(H,18,20). The minimum atomic E-state index is 0.0447. The molecule has 21 heavy (non-hydrogen) atoms. The first kappa shape index (κ1) is 15.8. The van der Waals surface area contributed by atoms with Gasteiger partial charge in [0.05, 0.1) is 5.92 Å². The molecule has 0 spiro atoms. The second-order valence-electron chi connectivity index (χ2n) is 5.81. The summed E-state index contributed by atoms with van der Waals surface area (Å²) < 4.78 is 5.68. The molecule has 1 aromatic carbocycles. The number of amides is 1. The summed E-state index contributed by atoms with van der Waals surface area (Å²) in [5.41, 5.74) is 0.793. The zero-order valence-electron chi connectivity index (χ0n) is 13.1. The van der Waals surface area contributed by atoms with Crippen molar-refractivity contribution in [1.82, 2.24) is 10.2 Å². The van der Waals surface area contributed by atoms with Gasteiger partial charge in [-0.05, 0) is 46.1 Å². The van der Waals surface area contributed by atoms with Gasteiger partial charge in [-0.1, -0.05) is 6.07 Å². The van der Waals surface area contributed by atoms with Crippen LogP contribution in [0.4, 0.5) is 5.69 Å². The molecule has 1 fully saturated rings. The van der Waals surface area contributed by atoms with Crippen LogP contribution in [0.5, 0.6) is 5.75 Å². The molecule has 0 radical (unpaired) electrons. The van der Waals surface area contributed by atoms with Crippen LogP contribution in [0.15, 0.2) is 24.3 Å². The Morgan fingerprint density at radius 3 is 2.95 bits per heavy atom. The summed E-state index contributed by atoms with van der Waals surface area (Å²) >= 11 is 0. The van der Waals surface area contributed by atoms with Crippen LogP contribution in [0.1, 0.15) is 13.3 Å². The van der Waals surface area contributed by atoms with Crippen LogP contribution in [-0.4, -0.2) is 50.6 Å². The molecular formula is C16H25N3O2. The third-order valence-electron chi connectivity index (χ3n) is 3.77. The number of benzene rings is 1. The topological polar surface area (TPSA) is 53.6 Å². The van der Waals surface area contributed by atoms with Gasteiger partial charge in [-0.25, -0.2) is 0 Å². The number of anilines is 1. The van der Waals surface area contributed by atoms with Crippen molar-refractivity contribution in [3.05, 3.63) is 24.3 Å². The number of hydrogen-bond acceptors (Lipinski definition) is 4. The van der Waals surface area contributed by atoms with E-state index in [2.05, 4.69) is 22.5 Å². The predicted molar refractivity (Wildman–Crippen MR) is 84.7 cm³/mol. The molecule has 0 aromatic heterocycles. The monoisotopic (exact) mass is 291 g/mol. The van der Waals surface area contributed by atoms with Gasteiger partial charge in [0.15, 0.2) is 0 Å². The fourth-order valence-electron chi connectivity index (χ4n) is 2.46. The van der Waals surface area contributed by atoms with Gasteiger partial charge in [-0.15, -0.1) is 0 Å². The minimum absolute atomic E-state index is 0.0447. The van der Waals surface area contributed by atoms with Crippen LogP contribution in [0, 0.1) is 5.92 Å². The lowest BCUT2D eigenvalue weighted by Crippen LogP contribution is -2.32. The highest BCUT2D eigenvalue weighted by atomic mass is 16.5. The number of likely N-dealkylation sites (N-methyl/N-ethyl adjacent to an activating group) is 1. The normalized spacial score (nSPS) is 21.5. The smallest absolute Gasteiger partial charge is 0.229 e.